The molecule has 1 amide bonds. The van der Waals surface area contributed by atoms with Crippen molar-refractivity contribution in [3.05, 3.63) is 61.9 Å². The number of fused-ring (bicyclic) bond motifs is 1. The lowest BCUT2D eigenvalue weighted by molar-refractivity contribution is -0.135. The van der Waals surface area contributed by atoms with E-state index in [9.17, 15) is 14.4 Å². The summed E-state index contributed by atoms with van der Waals surface area (Å²) in [6, 6.07) is 6.46. The van der Waals surface area contributed by atoms with Crippen LogP contribution in [0.4, 0.5) is 0 Å². The van der Waals surface area contributed by atoms with Crippen molar-refractivity contribution >= 4 is 16.9 Å². The predicted octanol–water partition coefficient (Wildman–Crippen LogP) is 2.17. The van der Waals surface area contributed by atoms with Crippen LogP contribution in [0.25, 0.3) is 11.0 Å². The fraction of sp³-hybridized carbons (Fsp3) is 0.429. The molecule has 3 aromatic rings. The highest BCUT2D eigenvalue weighted by Crippen LogP contribution is 2.31. The molecular formula is C21H25N5O3. The number of imidazole rings is 1. The Labute approximate surface area is 167 Å². The summed E-state index contributed by atoms with van der Waals surface area (Å²) in [5.41, 5.74) is 3.60. The number of nitrogens with one attached hydrogen (secondary N) is 2. The van der Waals surface area contributed by atoms with Crippen LogP contribution in [-0.2, 0) is 11.3 Å². The molecule has 0 bridgehead atoms. The molecule has 1 aliphatic heterocycles. The number of H-pyrrole nitrogens is 2. The van der Waals surface area contributed by atoms with Gasteiger partial charge in [0.2, 0.25) is 5.91 Å². The topological polar surface area (TPSA) is 104 Å². The second-order valence-electron chi connectivity index (χ2n) is 7.72. The Morgan fingerprint density at radius 3 is 2.79 bits per heavy atom. The van der Waals surface area contributed by atoms with Crippen LogP contribution in [0, 0.1) is 13.8 Å². The maximum Gasteiger partial charge on any atom is 0.265 e. The van der Waals surface area contributed by atoms with Crippen molar-refractivity contribution in [1.29, 1.82) is 0 Å². The molecule has 3 heterocycles. The van der Waals surface area contributed by atoms with Crippen LogP contribution in [-0.4, -0.2) is 37.1 Å². The standard InChI is InChI=1S/C21H25N5O3/c1-13-11-15-16(12-14(13)2)23-21(22-15)17-5-3-4-9-25(17)19(28)8-10-26-20(29)7-6-18(27)24-26/h6-7,11-12,17H,3-5,8-10H2,1-2H3,(H,22,23)(H,24,27). The lowest BCUT2D eigenvalue weighted by Gasteiger charge is -2.34. The fourth-order valence-electron chi connectivity index (χ4n) is 3.94. The van der Waals surface area contributed by atoms with Gasteiger partial charge in [-0.3, -0.25) is 19.5 Å². The summed E-state index contributed by atoms with van der Waals surface area (Å²) in [6.45, 7) is 4.95. The van der Waals surface area contributed by atoms with Gasteiger partial charge in [-0.25, -0.2) is 9.67 Å². The summed E-state index contributed by atoms with van der Waals surface area (Å²) in [5.74, 6) is 0.766. The first-order valence-electron chi connectivity index (χ1n) is 9.99. The molecule has 1 saturated heterocycles. The van der Waals surface area contributed by atoms with Gasteiger partial charge in [0.1, 0.15) is 5.82 Å². The molecule has 0 saturated carbocycles. The molecule has 29 heavy (non-hydrogen) atoms. The number of piperidine rings is 1. The number of likely N-dealkylation sites (tertiary alicyclic amines) is 1. The smallest absolute Gasteiger partial charge is 0.265 e. The highest BCUT2D eigenvalue weighted by Gasteiger charge is 2.30. The molecule has 152 valence electrons. The summed E-state index contributed by atoms with van der Waals surface area (Å²) in [4.78, 5) is 46.3. The van der Waals surface area contributed by atoms with Crippen molar-refractivity contribution in [2.24, 2.45) is 0 Å². The highest BCUT2D eigenvalue weighted by molar-refractivity contribution is 5.78. The molecule has 1 aliphatic rings. The lowest BCUT2D eigenvalue weighted by Crippen LogP contribution is -2.40. The van der Waals surface area contributed by atoms with E-state index < -0.39 is 0 Å². The highest BCUT2D eigenvalue weighted by atomic mass is 16.2. The molecule has 1 aromatic carbocycles. The quantitative estimate of drug-likeness (QED) is 0.706. The molecule has 0 radical (unpaired) electrons. The third kappa shape index (κ3) is 3.87. The summed E-state index contributed by atoms with van der Waals surface area (Å²) >= 11 is 0. The Morgan fingerprint density at radius 1 is 1.17 bits per heavy atom. The second kappa shape index (κ2) is 7.69. The number of aromatic nitrogens is 4. The van der Waals surface area contributed by atoms with Gasteiger partial charge in [-0.05, 0) is 56.4 Å². The van der Waals surface area contributed by atoms with Gasteiger partial charge in [0.05, 0.1) is 23.6 Å². The zero-order chi connectivity index (χ0) is 20.5. The molecular weight excluding hydrogens is 370 g/mol. The molecule has 8 nitrogen and oxygen atoms in total. The number of aromatic amines is 2. The predicted molar refractivity (Wildman–Crippen MR) is 110 cm³/mol. The molecule has 0 aliphatic carbocycles. The zero-order valence-electron chi connectivity index (χ0n) is 16.7. The SMILES string of the molecule is Cc1cc2nc(C3CCCCN3C(=O)CCn3[nH]c(=O)ccc3=O)[nH]c2cc1C. The average molecular weight is 395 g/mol. The van der Waals surface area contributed by atoms with E-state index in [1.54, 1.807) is 0 Å². The number of carbonyl (C=O) groups is 1. The van der Waals surface area contributed by atoms with Crippen LogP contribution < -0.4 is 11.1 Å². The van der Waals surface area contributed by atoms with Gasteiger partial charge in [-0.15, -0.1) is 0 Å². The third-order valence-corrected chi connectivity index (χ3v) is 5.69. The first-order chi connectivity index (χ1) is 13.9. The Bertz CT molecular complexity index is 1130. The van der Waals surface area contributed by atoms with Crippen molar-refractivity contribution in [3.63, 3.8) is 0 Å². The summed E-state index contributed by atoms with van der Waals surface area (Å²) in [5, 5.41) is 2.46. The maximum absolute atomic E-state index is 13.0. The zero-order valence-corrected chi connectivity index (χ0v) is 16.7. The number of nitrogens with zero attached hydrogens (tertiary/aromatic N) is 3. The first kappa shape index (κ1) is 19.2. The lowest BCUT2D eigenvalue weighted by atomic mass is 10.0. The summed E-state index contributed by atoms with van der Waals surface area (Å²) in [6.07, 6.45) is 2.98. The van der Waals surface area contributed by atoms with E-state index in [1.807, 2.05) is 4.90 Å². The van der Waals surface area contributed by atoms with Crippen molar-refractivity contribution < 1.29 is 4.79 Å². The average Bonchev–Trinajstić information content (AvgIpc) is 3.11. The van der Waals surface area contributed by atoms with Crippen LogP contribution in [0.3, 0.4) is 0 Å². The second-order valence-corrected chi connectivity index (χ2v) is 7.72. The third-order valence-electron chi connectivity index (χ3n) is 5.69. The minimum atomic E-state index is -0.360. The van der Waals surface area contributed by atoms with Crippen molar-refractivity contribution in [2.75, 3.05) is 6.54 Å². The van der Waals surface area contributed by atoms with E-state index in [0.717, 1.165) is 36.1 Å². The number of benzene rings is 1. The van der Waals surface area contributed by atoms with E-state index in [1.165, 1.54) is 27.9 Å². The van der Waals surface area contributed by atoms with E-state index in [4.69, 9.17) is 4.98 Å². The van der Waals surface area contributed by atoms with Crippen molar-refractivity contribution in [3.8, 4) is 0 Å². The number of amides is 1. The monoisotopic (exact) mass is 395 g/mol. The van der Waals surface area contributed by atoms with E-state index in [0.29, 0.717) is 6.54 Å². The van der Waals surface area contributed by atoms with Gasteiger partial charge in [0, 0.05) is 25.1 Å². The summed E-state index contributed by atoms with van der Waals surface area (Å²) < 4.78 is 1.19. The van der Waals surface area contributed by atoms with Gasteiger partial charge in [-0.2, -0.15) is 0 Å². The normalized spacial score (nSPS) is 17.0. The Balaban J connectivity index is 1.55. The van der Waals surface area contributed by atoms with Crippen LogP contribution in [0.15, 0.2) is 33.9 Å². The van der Waals surface area contributed by atoms with Crippen LogP contribution in [0.2, 0.25) is 0 Å². The van der Waals surface area contributed by atoms with Gasteiger partial charge in [0.25, 0.3) is 11.1 Å². The van der Waals surface area contributed by atoms with Gasteiger partial charge in [0.15, 0.2) is 0 Å². The maximum atomic E-state index is 13.0. The number of aryl methyl sites for hydroxylation is 3. The minimum Gasteiger partial charge on any atom is -0.340 e. The van der Waals surface area contributed by atoms with Gasteiger partial charge in [-0.1, -0.05) is 0 Å². The molecule has 1 atom stereocenters. The molecule has 4 rings (SSSR count). The van der Waals surface area contributed by atoms with Gasteiger partial charge < -0.3 is 9.88 Å². The van der Waals surface area contributed by atoms with Crippen LogP contribution in [0.1, 0.15) is 48.7 Å². The van der Waals surface area contributed by atoms with Crippen molar-refractivity contribution in [2.45, 2.75) is 52.1 Å². The first-order valence-corrected chi connectivity index (χ1v) is 9.99. The number of carbonyl (C=O) groups excluding carboxylic acids is 1. The van der Waals surface area contributed by atoms with Gasteiger partial charge >= 0.3 is 0 Å². The van der Waals surface area contributed by atoms with Crippen molar-refractivity contribution in [1.82, 2.24) is 24.6 Å². The molecule has 2 N–H and O–H groups in total. The van der Waals surface area contributed by atoms with Crippen LogP contribution >= 0.6 is 0 Å². The number of hydrogen-bond acceptors (Lipinski definition) is 4. The summed E-state index contributed by atoms with van der Waals surface area (Å²) in [7, 11) is 0. The molecule has 1 fully saturated rings. The number of rotatable bonds is 4. The largest absolute Gasteiger partial charge is 0.340 e. The molecule has 0 spiro atoms. The Kier molecular flexibility index (Phi) is 5.08. The molecule has 2 aromatic heterocycles. The Morgan fingerprint density at radius 2 is 1.97 bits per heavy atom. The minimum absolute atomic E-state index is 0.0425. The van der Waals surface area contributed by atoms with Crippen LogP contribution in [0.5, 0.6) is 0 Å². The molecule has 8 heteroatoms. The van der Waals surface area contributed by atoms with E-state index in [-0.39, 0.29) is 36.0 Å². The van der Waals surface area contributed by atoms with E-state index in [2.05, 4.69) is 36.1 Å². The Hall–Kier alpha value is -3.16. The van der Waals surface area contributed by atoms with E-state index >= 15 is 0 Å². The number of hydrogen-bond donors (Lipinski definition) is 2. The fourth-order valence-corrected chi connectivity index (χ4v) is 3.94. The molecule has 1 unspecified atom stereocenters.